The first-order chi connectivity index (χ1) is 6.38. The summed E-state index contributed by atoms with van der Waals surface area (Å²) in [4.78, 5) is 5.68. The minimum absolute atomic E-state index is 0.992. The Morgan fingerprint density at radius 3 is 2.85 bits per heavy atom. The number of hydrogen-bond acceptors (Lipinski definition) is 2. The Morgan fingerprint density at radius 2 is 2.31 bits per heavy atom. The van der Waals surface area contributed by atoms with Gasteiger partial charge in [-0.1, -0.05) is 26.0 Å². The second kappa shape index (κ2) is 5.70. The maximum absolute atomic E-state index is 4.42. The van der Waals surface area contributed by atoms with Crippen LogP contribution in [0.5, 0.6) is 0 Å². The summed E-state index contributed by atoms with van der Waals surface area (Å²) in [5, 5.41) is 2.08. The SMILES string of the molecule is CC/C=N\C(=C/CC)c1cccs1. The second-order valence-electron chi connectivity index (χ2n) is 2.69. The summed E-state index contributed by atoms with van der Waals surface area (Å²) in [7, 11) is 0. The molecule has 70 valence electrons. The first-order valence-electron chi connectivity index (χ1n) is 4.65. The molecule has 0 amide bonds. The fourth-order valence-corrected chi connectivity index (χ4v) is 1.74. The van der Waals surface area contributed by atoms with Crippen molar-refractivity contribution in [2.45, 2.75) is 26.7 Å². The van der Waals surface area contributed by atoms with Crippen LogP contribution < -0.4 is 0 Å². The smallest absolute Gasteiger partial charge is 0.0757 e. The minimum atomic E-state index is 0.992. The molecule has 0 saturated carbocycles. The Kier molecular flexibility index (Phi) is 4.47. The van der Waals surface area contributed by atoms with Crippen molar-refractivity contribution in [2.24, 2.45) is 4.99 Å². The van der Waals surface area contributed by atoms with Crippen LogP contribution in [0.3, 0.4) is 0 Å². The van der Waals surface area contributed by atoms with Crippen LogP contribution in [0.15, 0.2) is 28.6 Å². The van der Waals surface area contributed by atoms with Crippen LogP contribution in [-0.2, 0) is 0 Å². The Hall–Kier alpha value is -0.890. The van der Waals surface area contributed by atoms with Crippen LogP contribution in [0.4, 0.5) is 0 Å². The number of thiophene rings is 1. The number of aliphatic imine (C=N–C) groups is 1. The lowest BCUT2D eigenvalue weighted by Crippen LogP contribution is -1.76. The van der Waals surface area contributed by atoms with Gasteiger partial charge in [-0.25, -0.2) is 0 Å². The van der Waals surface area contributed by atoms with Gasteiger partial charge >= 0.3 is 0 Å². The zero-order chi connectivity index (χ0) is 9.52. The van der Waals surface area contributed by atoms with E-state index in [1.807, 2.05) is 6.21 Å². The van der Waals surface area contributed by atoms with Crippen molar-refractivity contribution in [1.29, 1.82) is 0 Å². The van der Waals surface area contributed by atoms with Gasteiger partial charge in [0, 0.05) is 6.21 Å². The van der Waals surface area contributed by atoms with Gasteiger partial charge in [0.25, 0.3) is 0 Å². The van der Waals surface area contributed by atoms with E-state index >= 15 is 0 Å². The van der Waals surface area contributed by atoms with Crippen LogP contribution in [0, 0.1) is 0 Å². The van der Waals surface area contributed by atoms with Crippen LogP contribution in [0.1, 0.15) is 31.6 Å². The van der Waals surface area contributed by atoms with E-state index < -0.39 is 0 Å². The van der Waals surface area contributed by atoms with E-state index in [0.717, 1.165) is 18.5 Å². The van der Waals surface area contributed by atoms with Crippen molar-refractivity contribution in [2.75, 3.05) is 0 Å². The van der Waals surface area contributed by atoms with Gasteiger partial charge in [0.05, 0.1) is 10.6 Å². The number of hydrogen-bond donors (Lipinski definition) is 0. The van der Waals surface area contributed by atoms with E-state index in [-0.39, 0.29) is 0 Å². The van der Waals surface area contributed by atoms with E-state index in [1.165, 1.54) is 4.88 Å². The number of rotatable bonds is 4. The first kappa shape index (κ1) is 10.2. The highest BCUT2D eigenvalue weighted by Crippen LogP contribution is 2.21. The third-order valence-corrected chi connectivity index (χ3v) is 2.48. The molecule has 0 saturated heterocycles. The lowest BCUT2D eigenvalue weighted by Gasteiger charge is -1.96. The van der Waals surface area contributed by atoms with Gasteiger partial charge in [0.15, 0.2) is 0 Å². The second-order valence-corrected chi connectivity index (χ2v) is 3.64. The molecule has 0 aromatic carbocycles. The zero-order valence-electron chi connectivity index (χ0n) is 8.16. The standard InChI is InChI=1S/C11H15NS/c1-3-6-10(12-8-4-2)11-7-5-9-13-11/h5-9H,3-4H2,1-2H3/b10-6-,12-8-. The van der Waals surface area contributed by atoms with Gasteiger partial charge in [-0.05, 0) is 24.3 Å². The lowest BCUT2D eigenvalue weighted by molar-refractivity contribution is 1.22. The molecule has 1 nitrogen and oxygen atoms in total. The first-order valence-corrected chi connectivity index (χ1v) is 5.53. The van der Waals surface area contributed by atoms with Gasteiger partial charge in [-0.15, -0.1) is 11.3 Å². The van der Waals surface area contributed by atoms with Crippen molar-refractivity contribution in [3.05, 3.63) is 28.5 Å². The molecule has 0 atom stereocenters. The molecule has 0 aliphatic heterocycles. The molecule has 0 radical (unpaired) electrons. The molecule has 1 heterocycles. The molecule has 0 unspecified atom stereocenters. The predicted molar refractivity (Wildman–Crippen MR) is 61.4 cm³/mol. The minimum Gasteiger partial charge on any atom is -0.260 e. The van der Waals surface area contributed by atoms with Gasteiger partial charge in [-0.3, -0.25) is 4.99 Å². The lowest BCUT2D eigenvalue weighted by atomic mass is 10.3. The average molecular weight is 193 g/mol. The summed E-state index contributed by atoms with van der Waals surface area (Å²) in [6.45, 7) is 4.23. The molecular weight excluding hydrogens is 178 g/mol. The fraction of sp³-hybridized carbons (Fsp3) is 0.364. The molecule has 13 heavy (non-hydrogen) atoms. The molecule has 0 aliphatic rings. The van der Waals surface area contributed by atoms with E-state index in [4.69, 9.17) is 0 Å². The Bertz CT molecular complexity index is 283. The average Bonchev–Trinajstić information content (AvgIpc) is 2.65. The third-order valence-electron chi connectivity index (χ3n) is 1.58. The van der Waals surface area contributed by atoms with Crippen LogP contribution in [0.2, 0.25) is 0 Å². The number of nitrogens with zero attached hydrogens (tertiary/aromatic N) is 1. The predicted octanol–water partition coefficient (Wildman–Crippen LogP) is 3.98. The number of allylic oxidation sites excluding steroid dienone is 1. The largest absolute Gasteiger partial charge is 0.260 e. The van der Waals surface area contributed by atoms with Gasteiger partial charge in [-0.2, -0.15) is 0 Å². The molecule has 1 aromatic heterocycles. The van der Waals surface area contributed by atoms with E-state index in [9.17, 15) is 0 Å². The molecule has 0 spiro atoms. The summed E-state index contributed by atoms with van der Waals surface area (Å²) in [5.41, 5.74) is 1.11. The van der Waals surface area contributed by atoms with Gasteiger partial charge < -0.3 is 0 Å². The molecule has 1 rings (SSSR count). The maximum Gasteiger partial charge on any atom is 0.0757 e. The summed E-state index contributed by atoms with van der Waals surface area (Å²) in [6.07, 6.45) is 6.15. The van der Waals surface area contributed by atoms with Crippen molar-refractivity contribution in [3.63, 3.8) is 0 Å². The highest BCUT2D eigenvalue weighted by molar-refractivity contribution is 7.11. The van der Waals surface area contributed by atoms with Crippen LogP contribution >= 0.6 is 11.3 Å². The fourth-order valence-electron chi connectivity index (χ4n) is 1.02. The third kappa shape index (κ3) is 3.15. The summed E-state index contributed by atoms with van der Waals surface area (Å²) in [5.74, 6) is 0. The molecule has 1 aromatic rings. The van der Waals surface area contributed by atoms with Crippen molar-refractivity contribution >= 4 is 23.2 Å². The molecule has 0 fully saturated rings. The van der Waals surface area contributed by atoms with Crippen molar-refractivity contribution < 1.29 is 0 Å². The van der Waals surface area contributed by atoms with Crippen LogP contribution in [0.25, 0.3) is 5.70 Å². The highest BCUT2D eigenvalue weighted by Gasteiger charge is 1.97. The molecular formula is C11H15NS. The monoisotopic (exact) mass is 193 g/mol. The van der Waals surface area contributed by atoms with Crippen molar-refractivity contribution in [1.82, 2.24) is 0 Å². The Labute approximate surface area is 83.8 Å². The van der Waals surface area contributed by atoms with E-state index in [2.05, 4.69) is 42.4 Å². The topological polar surface area (TPSA) is 12.4 Å². The Morgan fingerprint density at radius 1 is 1.46 bits per heavy atom. The van der Waals surface area contributed by atoms with Gasteiger partial charge in [0.1, 0.15) is 0 Å². The summed E-state index contributed by atoms with van der Waals surface area (Å²) < 4.78 is 0. The van der Waals surface area contributed by atoms with Crippen molar-refractivity contribution in [3.8, 4) is 0 Å². The Balaban J connectivity index is 2.81. The molecule has 0 aliphatic carbocycles. The molecule has 2 heteroatoms. The molecule has 0 N–H and O–H groups in total. The normalized spacial score (nSPS) is 12.6. The zero-order valence-corrected chi connectivity index (χ0v) is 8.97. The molecule has 0 bridgehead atoms. The van der Waals surface area contributed by atoms with E-state index in [0.29, 0.717) is 0 Å². The quantitative estimate of drug-likeness (QED) is 0.641. The highest BCUT2D eigenvalue weighted by atomic mass is 32.1. The van der Waals surface area contributed by atoms with E-state index in [1.54, 1.807) is 11.3 Å². The maximum atomic E-state index is 4.42. The van der Waals surface area contributed by atoms with Crippen LogP contribution in [-0.4, -0.2) is 6.21 Å². The summed E-state index contributed by atoms with van der Waals surface area (Å²) >= 11 is 1.74. The summed E-state index contributed by atoms with van der Waals surface area (Å²) in [6, 6.07) is 4.17. The van der Waals surface area contributed by atoms with Gasteiger partial charge in [0.2, 0.25) is 0 Å².